The minimum absolute atomic E-state index is 0.0417. The molecule has 0 saturated carbocycles. The monoisotopic (exact) mass is 177 g/mol. The molecule has 0 unspecified atom stereocenters. The van der Waals surface area contributed by atoms with Crippen LogP contribution in [0.5, 0.6) is 0 Å². The van der Waals surface area contributed by atoms with Gasteiger partial charge >= 0.3 is 0 Å². The molecule has 0 bridgehead atoms. The molecule has 3 nitrogen and oxygen atoms in total. The van der Waals surface area contributed by atoms with Crippen LogP contribution in [-0.4, -0.2) is 29.8 Å². The van der Waals surface area contributed by atoms with Gasteiger partial charge in [-0.2, -0.15) is 11.8 Å². The summed E-state index contributed by atoms with van der Waals surface area (Å²) in [5, 5.41) is 9.13. The molecule has 66 valence electrons. The molecule has 1 heterocycles. The van der Waals surface area contributed by atoms with Crippen molar-refractivity contribution < 1.29 is 9.94 Å². The van der Waals surface area contributed by atoms with Gasteiger partial charge in [0.05, 0.1) is 13.2 Å². The predicted octanol–water partition coefficient (Wildman–Crippen LogP) is 0.382. The van der Waals surface area contributed by atoms with Crippen molar-refractivity contribution in [2.45, 2.75) is 12.8 Å². The molecule has 0 aromatic carbocycles. The van der Waals surface area contributed by atoms with Crippen molar-refractivity contribution in [1.82, 2.24) is 0 Å². The molecule has 0 radical (unpaired) electrons. The third-order valence-electron chi connectivity index (χ3n) is 2.28. The highest BCUT2D eigenvalue weighted by molar-refractivity contribution is 7.99. The van der Waals surface area contributed by atoms with E-state index in [-0.39, 0.29) is 12.0 Å². The summed E-state index contributed by atoms with van der Waals surface area (Å²) in [5.74, 6) is 7.23. The van der Waals surface area contributed by atoms with Gasteiger partial charge in [-0.05, 0) is 24.3 Å². The zero-order chi connectivity index (χ0) is 8.16. The molecule has 11 heavy (non-hydrogen) atoms. The largest absolute Gasteiger partial charge is 0.396 e. The molecule has 0 aromatic rings. The Morgan fingerprint density at radius 3 is 2.55 bits per heavy atom. The molecule has 0 aromatic heterocycles. The summed E-state index contributed by atoms with van der Waals surface area (Å²) in [6.45, 7) is 0.689. The average Bonchev–Trinajstić information content (AvgIpc) is 2.07. The van der Waals surface area contributed by atoms with Crippen LogP contribution >= 0.6 is 11.8 Å². The number of nitrogens with two attached hydrogens (primary N) is 1. The molecule has 0 atom stereocenters. The predicted molar refractivity (Wildman–Crippen MR) is 46.2 cm³/mol. The van der Waals surface area contributed by atoms with Crippen LogP contribution in [0.3, 0.4) is 0 Å². The molecule has 0 amide bonds. The van der Waals surface area contributed by atoms with Gasteiger partial charge in [0.1, 0.15) is 0 Å². The van der Waals surface area contributed by atoms with Crippen LogP contribution in [0.15, 0.2) is 0 Å². The molecule has 1 aliphatic heterocycles. The van der Waals surface area contributed by atoms with Crippen molar-refractivity contribution in [1.29, 1.82) is 0 Å². The van der Waals surface area contributed by atoms with Gasteiger partial charge in [0.25, 0.3) is 0 Å². The third kappa shape index (κ3) is 2.33. The van der Waals surface area contributed by atoms with Gasteiger partial charge in [0, 0.05) is 5.41 Å². The van der Waals surface area contributed by atoms with E-state index in [2.05, 4.69) is 4.84 Å². The second-order valence-electron chi connectivity index (χ2n) is 3.08. The van der Waals surface area contributed by atoms with E-state index in [1.165, 1.54) is 0 Å². The van der Waals surface area contributed by atoms with Gasteiger partial charge < -0.3 is 9.94 Å². The molecular formula is C7H15NO2S. The van der Waals surface area contributed by atoms with Gasteiger partial charge in [0.15, 0.2) is 0 Å². The lowest BCUT2D eigenvalue weighted by Crippen LogP contribution is -2.36. The Morgan fingerprint density at radius 2 is 2.09 bits per heavy atom. The van der Waals surface area contributed by atoms with Gasteiger partial charge in [-0.3, -0.25) is 0 Å². The van der Waals surface area contributed by atoms with Crippen LogP contribution in [0.25, 0.3) is 0 Å². The summed E-state index contributed by atoms with van der Waals surface area (Å²) >= 11 is 1.93. The van der Waals surface area contributed by atoms with Crippen molar-refractivity contribution in [2.75, 3.05) is 24.7 Å². The molecule has 1 rings (SSSR count). The van der Waals surface area contributed by atoms with Crippen LogP contribution in [0.1, 0.15) is 12.8 Å². The first-order valence-electron chi connectivity index (χ1n) is 3.83. The Morgan fingerprint density at radius 1 is 1.45 bits per heavy atom. The van der Waals surface area contributed by atoms with Gasteiger partial charge in [-0.25, -0.2) is 5.90 Å². The quantitative estimate of drug-likeness (QED) is 0.612. The summed E-state index contributed by atoms with van der Waals surface area (Å²) in [4.78, 5) is 4.61. The zero-order valence-corrected chi connectivity index (χ0v) is 7.40. The van der Waals surface area contributed by atoms with E-state index in [0.717, 1.165) is 24.3 Å². The standard InChI is InChI=1S/C7H15NO2S/c8-10-6-7(5-9)1-3-11-4-2-7/h9H,1-6,8H2. The minimum Gasteiger partial charge on any atom is -0.396 e. The van der Waals surface area contributed by atoms with Crippen molar-refractivity contribution in [3.63, 3.8) is 0 Å². The van der Waals surface area contributed by atoms with Crippen LogP contribution in [0.4, 0.5) is 0 Å². The third-order valence-corrected chi connectivity index (χ3v) is 3.26. The van der Waals surface area contributed by atoms with E-state index in [9.17, 15) is 0 Å². The number of rotatable bonds is 3. The molecule has 1 saturated heterocycles. The first kappa shape index (κ1) is 9.32. The maximum absolute atomic E-state index is 9.13. The zero-order valence-electron chi connectivity index (χ0n) is 6.58. The molecule has 4 heteroatoms. The number of thioether (sulfide) groups is 1. The van der Waals surface area contributed by atoms with E-state index in [1.54, 1.807) is 0 Å². The maximum atomic E-state index is 9.13. The van der Waals surface area contributed by atoms with E-state index in [4.69, 9.17) is 11.0 Å². The van der Waals surface area contributed by atoms with Crippen LogP contribution in [0.2, 0.25) is 0 Å². The lowest BCUT2D eigenvalue weighted by atomic mass is 9.84. The van der Waals surface area contributed by atoms with Crippen molar-refractivity contribution >= 4 is 11.8 Å². The fraction of sp³-hybridized carbons (Fsp3) is 1.00. The summed E-state index contributed by atoms with van der Waals surface area (Å²) in [6.07, 6.45) is 2.04. The van der Waals surface area contributed by atoms with Crippen molar-refractivity contribution in [2.24, 2.45) is 11.3 Å². The van der Waals surface area contributed by atoms with Crippen molar-refractivity contribution in [3.8, 4) is 0 Å². The van der Waals surface area contributed by atoms with Crippen LogP contribution in [0, 0.1) is 5.41 Å². The number of aliphatic hydroxyl groups excluding tert-OH is 1. The Labute approximate surface area is 71.2 Å². The first-order chi connectivity index (χ1) is 5.33. The molecule has 1 aliphatic rings. The summed E-state index contributed by atoms with van der Waals surface area (Å²) in [7, 11) is 0. The van der Waals surface area contributed by atoms with Gasteiger partial charge in [0.2, 0.25) is 0 Å². The highest BCUT2D eigenvalue weighted by Crippen LogP contribution is 2.34. The fourth-order valence-electron chi connectivity index (χ4n) is 1.33. The van der Waals surface area contributed by atoms with E-state index >= 15 is 0 Å². The number of hydrogen-bond acceptors (Lipinski definition) is 4. The summed E-state index contributed by atoms with van der Waals surface area (Å²) in [5.41, 5.74) is -0.0417. The molecule has 1 fully saturated rings. The maximum Gasteiger partial charge on any atom is 0.0758 e. The SMILES string of the molecule is NOCC1(CO)CCSCC1. The average molecular weight is 177 g/mol. The second-order valence-corrected chi connectivity index (χ2v) is 4.31. The van der Waals surface area contributed by atoms with Gasteiger partial charge in [-0.15, -0.1) is 0 Å². The molecule has 3 N–H and O–H groups in total. The molecule has 0 spiro atoms. The van der Waals surface area contributed by atoms with E-state index in [1.807, 2.05) is 11.8 Å². The Bertz CT molecular complexity index is 109. The van der Waals surface area contributed by atoms with E-state index < -0.39 is 0 Å². The highest BCUT2D eigenvalue weighted by Gasteiger charge is 2.31. The normalized spacial score (nSPS) is 23.5. The number of aliphatic hydroxyl groups is 1. The second kappa shape index (κ2) is 4.30. The first-order valence-corrected chi connectivity index (χ1v) is 4.99. The number of hydrogen-bond donors (Lipinski definition) is 2. The minimum atomic E-state index is -0.0417. The Kier molecular flexibility index (Phi) is 3.65. The topological polar surface area (TPSA) is 55.5 Å². The van der Waals surface area contributed by atoms with E-state index in [0.29, 0.717) is 6.61 Å². The fourth-order valence-corrected chi connectivity index (χ4v) is 2.69. The van der Waals surface area contributed by atoms with Crippen LogP contribution < -0.4 is 5.90 Å². The Hall–Kier alpha value is 0.230. The summed E-state index contributed by atoms with van der Waals surface area (Å²) < 4.78 is 0. The smallest absolute Gasteiger partial charge is 0.0758 e. The van der Waals surface area contributed by atoms with Crippen LogP contribution in [-0.2, 0) is 4.84 Å². The van der Waals surface area contributed by atoms with Gasteiger partial charge in [-0.1, -0.05) is 0 Å². The van der Waals surface area contributed by atoms with Crippen molar-refractivity contribution in [3.05, 3.63) is 0 Å². The molecule has 0 aliphatic carbocycles. The Balaban J connectivity index is 2.42. The summed E-state index contributed by atoms with van der Waals surface area (Å²) in [6, 6.07) is 0. The highest BCUT2D eigenvalue weighted by atomic mass is 32.2. The lowest BCUT2D eigenvalue weighted by molar-refractivity contribution is 0.000248. The lowest BCUT2D eigenvalue weighted by Gasteiger charge is -2.33. The molecular weight excluding hydrogens is 162 g/mol.